The van der Waals surface area contributed by atoms with Gasteiger partial charge >= 0.3 is 0 Å². The van der Waals surface area contributed by atoms with Crippen molar-refractivity contribution in [3.8, 4) is 0 Å². The molecule has 0 aromatic rings. The molecule has 0 rings (SSSR count). The molecule has 0 saturated heterocycles. The van der Waals surface area contributed by atoms with Gasteiger partial charge in [-0.25, -0.2) is 0 Å². The van der Waals surface area contributed by atoms with E-state index >= 15 is 0 Å². The van der Waals surface area contributed by atoms with Gasteiger partial charge in [0, 0.05) is 6.42 Å². The Bertz CT molecular complexity index is 288. The topological polar surface area (TPSA) is 20.3 Å². The maximum Gasteiger partial charge on any atom is 0.149 e. The van der Waals surface area contributed by atoms with Gasteiger partial charge < -0.3 is 0 Å². The predicted molar refractivity (Wildman–Crippen MR) is 112 cm³/mol. The van der Waals surface area contributed by atoms with Crippen LogP contribution in [0, 0.1) is 0 Å². The maximum absolute atomic E-state index is 12.1. The highest BCUT2D eigenvalue weighted by Gasteiger charge is 2.17. The molecule has 0 aromatic carbocycles. The number of hydrogen-bond donors (Lipinski definition) is 0. The molecule has 2 heteroatoms. The van der Waals surface area contributed by atoms with Gasteiger partial charge in [0.1, 0.15) is 5.78 Å². The molecule has 0 N–H and O–H groups in total. The lowest BCUT2D eigenvalue weighted by molar-refractivity contribution is -0.123. The molecule has 25 heavy (non-hydrogen) atoms. The molecule has 1 unspecified atom stereocenters. The summed E-state index contributed by atoms with van der Waals surface area (Å²) in [6, 6.07) is 0.131. The minimum absolute atomic E-state index is 0.131. The first kappa shape index (κ1) is 24.6. The second-order valence-corrected chi connectivity index (χ2v) is 8.05. The van der Waals surface area contributed by atoms with E-state index in [4.69, 9.17) is 0 Å². The summed E-state index contributed by atoms with van der Waals surface area (Å²) in [7, 11) is 4.02. The fraction of sp³-hybridized carbons (Fsp3) is 0.957. The van der Waals surface area contributed by atoms with Gasteiger partial charge in [0.05, 0.1) is 6.04 Å². The quantitative estimate of drug-likeness (QED) is 0.230. The second kappa shape index (κ2) is 18.4. The first-order valence-electron chi connectivity index (χ1n) is 11.3. The number of carbonyl (C=O) groups excluding carboxylic acids is 1. The smallest absolute Gasteiger partial charge is 0.149 e. The molecular weight excluding hydrogens is 306 g/mol. The molecule has 0 aromatic heterocycles. The highest BCUT2D eigenvalue weighted by Crippen LogP contribution is 2.14. The van der Waals surface area contributed by atoms with E-state index in [1.807, 2.05) is 14.1 Å². The molecule has 0 fully saturated rings. The van der Waals surface area contributed by atoms with Crippen molar-refractivity contribution in [2.45, 2.75) is 129 Å². The molecule has 0 aliphatic carbocycles. The Morgan fingerprint density at radius 1 is 0.640 bits per heavy atom. The monoisotopic (exact) mass is 353 g/mol. The number of Topliss-reactive ketones (excluding diaryl/α,β-unsaturated/α-hetero) is 1. The van der Waals surface area contributed by atoms with Crippen LogP contribution in [0.5, 0.6) is 0 Å². The van der Waals surface area contributed by atoms with E-state index in [1.165, 1.54) is 89.9 Å². The van der Waals surface area contributed by atoms with E-state index < -0.39 is 0 Å². The molecule has 0 aliphatic rings. The molecular formula is C23H47NO. The molecule has 0 heterocycles. The summed E-state index contributed by atoms with van der Waals surface area (Å²) in [5.74, 6) is 0.433. The second-order valence-electron chi connectivity index (χ2n) is 8.05. The molecule has 1 atom stereocenters. The van der Waals surface area contributed by atoms with Crippen molar-refractivity contribution < 1.29 is 4.79 Å². The van der Waals surface area contributed by atoms with Crippen molar-refractivity contribution in [1.29, 1.82) is 0 Å². The van der Waals surface area contributed by atoms with E-state index in [2.05, 4.69) is 18.7 Å². The van der Waals surface area contributed by atoms with Gasteiger partial charge in [0.15, 0.2) is 0 Å². The van der Waals surface area contributed by atoms with Crippen molar-refractivity contribution in [2.75, 3.05) is 14.1 Å². The largest absolute Gasteiger partial charge is 0.300 e. The molecule has 0 bridgehead atoms. The van der Waals surface area contributed by atoms with Crippen LogP contribution in [-0.4, -0.2) is 30.8 Å². The van der Waals surface area contributed by atoms with Gasteiger partial charge in [-0.15, -0.1) is 0 Å². The Morgan fingerprint density at radius 3 is 1.32 bits per heavy atom. The summed E-state index contributed by atoms with van der Waals surface area (Å²) in [4.78, 5) is 14.2. The van der Waals surface area contributed by atoms with E-state index in [-0.39, 0.29) is 6.04 Å². The minimum atomic E-state index is 0.131. The third-order valence-electron chi connectivity index (χ3n) is 5.41. The van der Waals surface area contributed by atoms with Gasteiger partial charge in [-0.2, -0.15) is 0 Å². The predicted octanol–water partition coefficient (Wildman–Crippen LogP) is 7.16. The first-order chi connectivity index (χ1) is 12.1. The molecule has 0 amide bonds. The Hall–Kier alpha value is -0.370. The number of hydrogen-bond acceptors (Lipinski definition) is 2. The van der Waals surface area contributed by atoms with E-state index in [0.717, 1.165) is 19.3 Å². The summed E-state index contributed by atoms with van der Waals surface area (Å²) in [6.45, 7) is 4.39. The lowest BCUT2D eigenvalue weighted by Gasteiger charge is -2.21. The third kappa shape index (κ3) is 15.6. The average molecular weight is 354 g/mol. The van der Waals surface area contributed by atoms with E-state index in [1.54, 1.807) is 0 Å². The van der Waals surface area contributed by atoms with Gasteiger partial charge in [0.2, 0.25) is 0 Å². The van der Waals surface area contributed by atoms with Gasteiger partial charge in [-0.05, 0) is 26.9 Å². The van der Waals surface area contributed by atoms with Crippen LogP contribution < -0.4 is 0 Å². The van der Waals surface area contributed by atoms with Crippen LogP contribution in [0.2, 0.25) is 0 Å². The standard InChI is InChI=1S/C23H47NO/c1-5-7-8-9-10-11-12-13-14-15-16-17-18-19-20-21-23(25)22(6-2)24(3)4/h22H,5-21H2,1-4H3. The number of rotatable bonds is 19. The normalized spacial score (nSPS) is 12.7. The molecule has 0 saturated carbocycles. The summed E-state index contributed by atoms with van der Waals surface area (Å²) in [5.41, 5.74) is 0. The summed E-state index contributed by atoms with van der Waals surface area (Å²) in [5, 5.41) is 0. The Morgan fingerprint density at radius 2 is 1.00 bits per heavy atom. The Labute approximate surface area is 159 Å². The van der Waals surface area contributed by atoms with Crippen LogP contribution in [0.1, 0.15) is 123 Å². The Kier molecular flexibility index (Phi) is 18.1. The summed E-state index contributed by atoms with van der Waals surface area (Å²) < 4.78 is 0. The fourth-order valence-electron chi connectivity index (χ4n) is 3.72. The lowest BCUT2D eigenvalue weighted by Crippen LogP contribution is -2.34. The minimum Gasteiger partial charge on any atom is -0.300 e. The number of carbonyl (C=O) groups is 1. The van der Waals surface area contributed by atoms with Crippen LogP contribution in [-0.2, 0) is 4.79 Å². The number of unbranched alkanes of at least 4 members (excludes halogenated alkanes) is 14. The highest BCUT2D eigenvalue weighted by atomic mass is 16.1. The van der Waals surface area contributed by atoms with Crippen LogP contribution in [0.3, 0.4) is 0 Å². The number of likely N-dealkylation sites (N-methyl/N-ethyl adjacent to an activating group) is 1. The van der Waals surface area contributed by atoms with Crippen molar-refractivity contribution in [1.82, 2.24) is 4.90 Å². The van der Waals surface area contributed by atoms with Crippen molar-refractivity contribution >= 4 is 5.78 Å². The van der Waals surface area contributed by atoms with Crippen molar-refractivity contribution in [3.63, 3.8) is 0 Å². The van der Waals surface area contributed by atoms with Crippen LogP contribution in [0.25, 0.3) is 0 Å². The first-order valence-corrected chi connectivity index (χ1v) is 11.3. The van der Waals surface area contributed by atoms with Crippen LogP contribution >= 0.6 is 0 Å². The van der Waals surface area contributed by atoms with E-state index in [9.17, 15) is 4.79 Å². The van der Waals surface area contributed by atoms with Gasteiger partial charge in [0.25, 0.3) is 0 Å². The lowest BCUT2D eigenvalue weighted by atomic mass is 10.0. The summed E-state index contributed by atoms with van der Waals surface area (Å²) >= 11 is 0. The van der Waals surface area contributed by atoms with Crippen molar-refractivity contribution in [3.05, 3.63) is 0 Å². The molecule has 150 valence electrons. The molecule has 2 nitrogen and oxygen atoms in total. The fourth-order valence-corrected chi connectivity index (χ4v) is 3.72. The average Bonchev–Trinajstić information content (AvgIpc) is 2.58. The van der Waals surface area contributed by atoms with E-state index in [0.29, 0.717) is 5.78 Å². The SMILES string of the molecule is CCCCCCCCCCCCCCCCCC(=O)C(CC)N(C)C. The Balaban J connectivity index is 3.25. The van der Waals surface area contributed by atoms with Gasteiger partial charge in [-0.1, -0.05) is 104 Å². The zero-order valence-electron chi connectivity index (χ0n) is 18.0. The molecule has 0 spiro atoms. The van der Waals surface area contributed by atoms with Gasteiger partial charge in [-0.3, -0.25) is 9.69 Å². The zero-order valence-corrected chi connectivity index (χ0v) is 18.0. The maximum atomic E-state index is 12.1. The highest BCUT2D eigenvalue weighted by molar-refractivity contribution is 5.83. The van der Waals surface area contributed by atoms with Crippen molar-refractivity contribution in [2.24, 2.45) is 0 Å². The summed E-state index contributed by atoms with van der Waals surface area (Å²) in [6.07, 6.45) is 22.4. The number of nitrogens with zero attached hydrogens (tertiary/aromatic N) is 1. The zero-order chi connectivity index (χ0) is 18.8. The van der Waals surface area contributed by atoms with Crippen LogP contribution in [0.15, 0.2) is 0 Å². The molecule has 0 radical (unpaired) electrons. The third-order valence-corrected chi connectivity index (χ3v) is 5.41. The number of ketones is 1. The van der Waals surface area contributed by atoms with Crippen LogP contribution in [0.4, 0.5) is 0 Å². The molecule has 0 aliphatic heterocycles.